The summed E-state index contributed by atoms with van der Waals surface area (Å²) in [4.78, 5) is 0. The predicted molar refractivity (Wildman–Crippen MR) is 65.7 cm³/mol. The van der Waals surface area contributed by atoms with Crippen LogP contribution in [0.5, 0.6) is 5.75 Å². The van der Waals surface area contributed by atoms with Crippen LogP contribution in [0.3, 0.4) is 0 Å². The molecule has 0 saturated carbocycles. The van der Waals surface area contributed by atoms with Crippen molar-refractivity contribution in [1.82, 2.24) is 0 Å². The largest absolute Gasteiger partial charge is 0.491 e. The zero-order valence-corrected chi connectivity index (χ0v) is 10.2. The molecule has 0 fully saturated rings. The molecular formula is C13H21NO2. The Balaban J connectivity index is 2.41. The zero-order valence-electron chi connectivity index (χ0n) is 10.2. The first-order valence-corrected chi connectivity index (χ1v) is 5.78. The highest BCUT2D eigenvalue weighted by molar-refractivity contribution is 5.36. The van der Waals surface area contributed by atoms with Crippen molar-refractivity contribution in [3.63, 3.8) is 0 Å². The molecule has 0 bridgehead atoms. The third-order valence-electron chi connectivity index (χ3n) is 2.27. The molecule has 2 N–H and O–H groups in total. The summed E-state index contributed by atoms with van der Waals surface area (Å²) >= 11 is 0. The van der Waals surface area contributed by atoms with Crippen molar-refractivity contribution in [2.45, 2.75) is 26.8 Å². The fourth-order valence-electron chi connectivity index (χ4n) is 1.47. The van der Waals surface area contributed by atoms with Gasteiger partial charge in [0, 0.05) is 18.7 Å². The van der Waals surface area contributed by atoms with Crippen LogP contribution in [-0.2, 0) is 11.3 Å². The molecule has 0 saturated heterocycles. The minimum absolute atomic E-state index is 0.507. The second-order valence-electron chi connectivity index (χ2n) is 3.78. The van der Waals surface area contributed by atoms with Crippen LogP contribution >= 0.6 is 0 Å². The van der Waals surface area contributed by atoms with Gasteiger partial charge in [-0.2, -0.15) is 0 Å². The number of rotatable bonds is 7. The van der Waals surface area contributed by atoms with E-state index in [1.54, 1.807) is 0 Å². The quantitative estimate of drug-likeness (QED) is 0.721. The number of ether oxygens (including phenoxy) is 2. The van der Waals surface area contributed by atoms with Gasteiger partial charge in [-0.05, 0) is 19.4 Å². The van der Waals surface area contributed by atoms with Gasteiger partial charge in [-0.15, -0.1) is 0 Å². The molecule has 0 radical (unpaired) electrons. The molecule has 90 valence electrons. The maximum absolute atomic E-state index is 5.66. The number of nitrogens with two attached hydrogens (primary N) is 1. The molecule has 0 aliphatic rings. The van der Waals surface area contributed by atoms with Crippen LogP contribution < -0.4 is 10.5 Å². The van der Waals surface area contributed by atoms with Gasteiger partial charge in [0.25, 0.3) is 0 Å². The first-order chi connectivity index (χ1) is 7.77. The second kappa shape index (κ2) is 7.25. The van der Waals surface area contributed by atoms with Gasteiger partial charge in [0.15, 0.2) is 0 Å². The van der Waals surface area contributed by atoms with Gasteiger partial charge in [0.1, 0.15) is 12.4 Å². The lowest BCUT2D eigenvalue weighted by molar-refractivity contribution is 0.100. The Bertz CT molecular complexity index is 313. The molecule has 0 amide bonds. The highest BCUT2D eigenvalue weighted by Crippen LogP contribution is 2.19. The Hall–Kier alpha value is -1.06. The number of hydrogen-bond donors (Lipinski definition) is 1. The summed E-state index contributed by atoms with van der Waals surface area (Å²) < 4.78 is 11.0. The van der Waals surface area contributed by atoms with E-state index >= 15 is 0 Å². The van der Waals surface area contributed by atoms with Gasteiger partial charge in [-0.1, -0.05) is 24.6 Å². The normalized spacial score (nSPS) is 10.4. The second-order valence-corrected chi connectivity index (χ2v) is 3.78. The molecule has 1 rings (SSSR count). The number of aryl methyl sites for hydroxylation is 1. The molecule has 16 heavy (non-hydrogen) atoms. The Morgan fingerprint density at radius 2 is 2.00 bits per heavy atom. The molecule has 0 atom stereocenters. The summed E-state index contributed by atoms with van der Waals surface area (Å²) in [7, 11) is 0. The van der Waals surface area contributed by atoms with E-state index < -0.39 is 0 Å². The summed E-state index contributed by atoms with van der Waals surface area (Å²) in [5.41, 5.74) is 7.92. The highest BCUT2D eigenvalue weighted by Gasteiger charge is 2.01. The lowest BCUT2D eigenvalue weighted by atomic mass is 10.1. The van der Waals surface area contributed by atoms with Crippen LogP contribution in [0.4, 0.5) is 0 Å². The SMILES string of the molecule is CCCOCCOc1ccc(C)cc1CN. The molecule has 0 unspecified atom stereocenters. The minimum Gasteiger partial charge on any atom is -0.491 e. The van der Waals surface area contributed by atoms with E-state index in [-0.39, 0.29) is 0 Å². The van der Waals surface area contributed by atoms with Gasteiger partial charge in [-0.25, -0.2) is 0 Å². The van der Waals surface area contributed by atoms with E-state index in [0.717, 1.165) is 24.3 Å². The Morgan fingerprint density at radius 3 is 2.69 bits per heavy atom. The van der Waals surface area contributed by atoms with Crippen LogP contribution in [0.25, 0.3) is 0 Å². The van der Waals surface area contributed by atoms with Crippen molar-refractivity contribution in [3.8, 4) is 5.75 Å². The molecule has 0 heterocycles. The van der Waals surface area contributed by atoms with E-state index in [2.05, 4.69) is 13.0 Å². The van der Waals surface area contributed by atoms with Crippen LogP contribution in [0.15, 0.2) is 18.2 Å². The fourth-order valence-corrected chi connectivity index (χ4v) is 1.47. The van der Waals surface area contributed by atoms with Gasteiger partial charge in [-0.3, -0.25) is 0 Å². The number of hydrogen-bond acceptors (Lipinski definition) is 3. The topological polar surface area (TPSA) is 44.5 Å². The van der Waals surface area contributed by atoms with Gasteiger partial charge < -0.3 is 15.2 Å². The maximum Gasteiger partial charge on any atom is 0.123 e. The van der Waals surface area contributed by atoms with Crippen LogP contribution in [-0.4, -0.2) is 19.8 Å². The molecule has 0 aliphatic carbocycles. The third-order valence-corrected chi connectivity index (χ3v) is 2.27. The molecule has 3 heteroatoms. The van der Waals surface area contributed by atoms with Crippen LogP contribution in [0.2, 0.25) is 0 Å². The van der Waals surface area contributed by atoms with Crippen molar-refractivity contribution < 1.29 is 9.47 Å². The van der Waals surface area contributed by atoms with E-state index in [1.165, 1.54) is 5.56 Å². The first-order valence-electron chi connectivity index (χ1n) is 5.78. The Labute approximate surface area is 97.6 Å². The van der Waals surface area contributed by atoms with E-state index in [0.29, 0.717) is 19.8 Å². The van der Waals surface area contributed by atoms with Crippen molar-refractivity contribution in [2.75, 3.05) is 19.8 Å². The first kappa shape index (κ1) is 13.0. The molecule has 0 spiro atoms. The van der Waals surface area contributed by atoms with Crippen LogP contribution in [0.1, 0.15) is 24.5 Å². The zero-order chi connectivity index (χ0) is 11.8. The summed E-state index contributed by atoms with van der Waals surface area (Å²) in [5, 5.41) is 0. The fraction of sp³-hybridized carbons (Fsp3) is 0.538. The Kier molecular flexibility index (Phi) is 5.90. The van der Waals surface area contributed by atoms with E-state index in [1.807, 2.05) is 19.1 Å². The van der Waals surface area contributed by atoms with Crippen LogP contribution in [0, 0.1) is 6.92 Å². The van der Waals surface area contributed by atoms with Crippen molar-refractivity contribution in [3.05, 3.63) is 29.3 Å². The summed E-state index contributed by atoms with van der Waals surface area (Å²) in [5.74, 6) is 0.869. The minimum atomic E-state index is 0.507. The summed E-state index contributed by atoms with van der Waals surface area (Å²) in [6.07, 6.45) is 1.04. The monoisotopic (exact) mass is 223 g/mol. The van der Waals surface area contributed by atoms with Crippen molar-refractivity contribution >= 4 is 0 Å². The molecule has 0 aromatic heterocycles. The average molecular weight is 223 g/mol. The molecular weight excluding hydrogens is 202 g/mol. The molecule has 3 nitrogen and oxygen atoms in total. The summed E-state index contributed by atoms with van der Waals surface area (Å²) in [6.45, 7) is 6.65. The average Bonchev–Trinajstić information content (AvgIpc) is 2.30. The predicted octanol–water partition coefficient (Wildman–Crippen LogP) is 2.26. The van der Waals surface area contributed by atoms with E-state index in [9.17, 15) is 0 Å². The van der Waals surface area contributed by atoms with Gasteiger partial charge >= 0.3 is 0 Å². The maximum atomic E-state index is 5.66. The van der Waals surface area contributed by atoms with Crippen molar-refractivity contribution in [1.29, 1.82) is 0 Å². The van der Waals surface area contributed by atoms with Gasteiger partial charge in [0.05, 0.1) is 6.61 Å². The van der Waals surface area contributed by atoms with E-state index in [4.69, 9.17) is 15.2 Å². The highest BCUT2D eigenvalue weighted by atomic mass is 16.5. The lowest BCUT2D eigenvalue weighted by Crippen LogP contribution is -2.09. The molecule has 1 aromatic rings. The standard InChI is InChI=1S/C13H21NO2/c1-3-6-15-7-8-16-13-5-4-11(2)9-12(13)10-14/h4-5,9H,3,6-8,10,14H2,1-2H3. The Morgan fingerprint density at radius 1 is 1.19 bits per heavy atom. The third kappa shape index (κ3) is 4.21. The van der Waals surface area contributed by atoms with Gasteiger partial charge in [0.2, 0.25) is 0 Å². The lowest BCUT2D eigenvalue weighted by Gasteiger charge is -2.11. The number of benzene rings is 1. The summed E-state index contributed by atoms with van der Waals surface area (Å²) in [6, 6.07) is 6.06. The van der Waals surface area contributed by atoms with Crippen molar-refractivity contribution in [2.24, 2.45) is 5.73 Å². The smallest absolute Gasteiger partial charge is 0.123 e. The molecule has 0 aliphatic heterocycles. The molecule has 1 aromatic carbocycles.